The van der Waals surface area contributed by atoms with Crippen LogP contribution in [0.5, 0.6) is 0 Å². The number of sulfonamides is 1. The third kappa shape index (κ3) is 3.97. The third-order valence-corrected chi connectivity index (χ3v) is 8.63. The van der Waals surface area contributed by atoms with Crippen LogP contribution in [0.3, 0.4) is 0 Å². The van der Waals surface area contributed by atoms with Crippen molar-refractivity contribution in [3.8, 4) is 0 Å². The van der Waals surface area contributed by atoms with Crippen molar-refractivity contribution >= 4 is 54.2 Å². The summed E-state index contributed by atoms with van der Waals surface area (Å²) in [5, 5.41) is 0.708. The van der Waals surface area contributed by atoms with Gasteiger partial charge in [-0.05, 0) is 50.1 Å². The standard InChI is InChI=1S/C21H22ClN3O3S2/c1-2-25(21-23-17-8-4-5-9-18(17)29-21)20(26)15-10-11-16(22)19(14-15)30(27,28)24-12-6-3-7-13-24/h4-5,8-11,14H,2-3,6-7,12-13H2,1H3. The van der Waals surface area contributed by atoms with E-state index in [1.165, 1.54) is 27.8 Å². The molecule has 1 aliphatic rings. The second-order valence-corrected chi connectivity index (χ2v) is 10.4. The molecule has 2 heterocycles. The minimum Gasteiger partial charge on any atom is -0.284 e. The summed E-state index contributed by atoms with van der Waals surface area (Å²) >= 11 is 7.68. The number of nitrogens with zero attached hydrogens (tertiary/aromatic N) is 3. The lowest BCUT2D eigenvalue weighted by Crippen LogP contribution is -2.36. The first-order valence-electron chi connectivity index (χ1n) is 9.89. The Morgan fingerprint density at radius 3 is 2.60 bits per heavy atom. The maximum atomic E-state index is 13.3. The van der Waals surface area contributed by atoms with Gasteiger partial charge in [-0.15, -0.1) is 0 Å². The molecule has 0 unspecified atom stereocenters. The molecule has 30 heavy (non-hydrogen) atoms. The lowest BCUT2D eigenvalue weighted by atomic mass is 10.2. The molecule has 0 atom stereocenters. The van der Waals surface area contributed by atoms with Crippen molar-refractivity contribution in [1.82, 2.24) is 9.29 Å². The lowest BCUT2D eigenvalue weighted by molar-refractivity contribution is 0.0988. The fraction of sp³-hybridized carbons (Fsp3) is 0.333. The second-order valence-electron chi connectivity index (χ2n) is 7.12. The van der Waals surface area contributed by atoms with Crippen LogP contribution in [0.15, 0.2) is 47.4 Å². The average Bonchev–Trinajstić information content (AvgIpc) is 3.18. The van der Waals surface area contributed by atoms with E-state index in [1.54, 1.807) is 11.0 Å². The van der Waals surface area contributed by atoms with E-state index in [9.17, 15) is 13.2 Å². The number of carbonyl (C=O) groups is 1. The van der Waals surface area contributed by atoms with Crippen molar-refractivity contribution < 1.29 is 13.2 Å². The van der Waals surface area contributed by atoms with Crippen LogP contribution in [0.25, 0.3) is 10.2 Å². The molecule has 1 saturated heterocycles. The molecule has 6 nitrogen and oxygen atoms in total. The smallest absolute Gasteiger partial charge is 0.260 e. The molecule has 0 saturated carbocycles. The minimum absolute atomic E-state index is 0.0164. The van der Waals surface area contributed by atoms with Crippen LogP contribution < -0.4 is 4.90 Å². The van der Waals surface area contributed by atoms with E-state index in [-0.39, 0.29) is 21.4 Å². The van der Waals surface area contributed by atoms with E-state index in [0.717, 1.165) is 29.5 Å². The van der Waals surface area contributed by atoms with Gasteiger partial charge in [0.15, 0.2) is 5.13 Å². The zero-order valence-corrected chi connectivity index (χ0v) is 18.9. The minimum atomic E-state index is -3.75. The van der Waals surface area contributed by atoms with Crippen molar-refractivity contribution in [1.29, 1.82) is 0 Å². The number of thiazole rings is 1. The Labute approximate surface area is 185 Å². The van der Waals surface area contributed by atoms with Gasteiger partial charge in [0.05, 0.1) is 15.2 Å². The molecule has 0 aliphatic carbocycles. The molecule has 0 bridgehead atoms. The van der Waals surface area contributed by atoms with Gasteiger partial charge in [-0.1, -0.05) is 41.5 Å². The van der Waals surface area contributed by atoms with Gasteiger partial charge in [0.25, 0.3) is 5.91 Å². The van der Waals surface area contributed by atoms with Crippen LogP contribution in [0.1, 0.15) is 36.5 Å². The van der Waals surface area contributed by atoms with Gasteiger partial charge in [-0.3, -0.25) is 9.69 Å². The van der Waals surface area contributed by atoms with Crippen LogP contribution in [-0.2, 0) is 10.0 Å². The van der Waals surface area contributed by atoms with Crippen LogP contribution in [0, 0.1) is 0 Å². The van der Waals surface area contributed by atoms with Gasteiger partial charge in [0.1, 0.15) is 4.90 Å². The number of amides is 1. The Balaban J connectivity index is 1.69. The second kappa shape index (κ2) is 8.63. The van der Waals surface area contributed by atoms with Gasteiger partial charge in [-0.2, -0.15) is 4.31 Å². The molecule has 0 radical (unpaired) electrons. The van der Waals surface area contributed by atoms with E-state index in [0.29, 0.717) is 24.8 Å². The van der Waals surface area contributed by atoms with Crippen molar-refractivity contribution in [3.05, 3.63) is 53.1 Å². The molecule has 4 rings (SSSR count). The summed E-state index contributed by atoms with van der Waals surface area (Å²) in [6.45, 7) is 3.23. The van der Waals surface area contributed by atoms with Crippen molar-refractivity contribution in [2.24, 2.45) is 0 Å². The topological polar surface area (TPSA) is 70.6 Å². The Morgan fingerprint density at radius 1 is 1.17 bits per heavy atom. The summed E-state index contributed by atoms with van der Waals surface area (Å²) in [5.41, 5.74) is 1.10. The van der Waals surface area contributed by atoms with Crippen molar-refractivity contribution in [2.75, 3.05) is 24.5 Å². The summed E-state index contributed by atoms with van der Waals surface area (Å²) in [7, 11) is -3.75. The van der Waals surface area contributed by atoms with Gasteiger partial charge in [0.2, 0.25) is 10.0 Å². The third-order valence-electron chi connectivity index (χ3n) is 5.19. The van der Waals surface area contributed by atoms with E-state index in [4.69, 9.17) is 11.6 Å². The average molecular weight is 464 g/mol. The number of anilines is 1. The van der Waals surface area contributed by atoms with Crippen molar-refractivity contribution in [3.63, 3.8) is 0 Å². The SMILES string of the molecule is CCN(C(=O)c1ccc(Cl)c(S(=O)(=O)N2CCCCC2)c1)c1nc2ccccc2s1. The maximum Gasteiger partial charge on any atom is 0.260 e. The number of hydrogen-bond donors (Lipinski definition) is 0. The molecule has 2 aromatic carbocycles. The molecule has 158 valence electrons. The molecule has 1 amide bonds. The van der Waals surface area contributed by atoms with Gasteiger partial charge >= 0.3 is 0 Å². The zero-order valence-electron chi connectivity index (χ0n) is 16.5. The van der Waals surface area contributed by atoms with E-state index >= 15 is 0 Å². The number of carbonyl (C=O) groups excluding carboxylic acids is 1. The Kier molecular flexibility index (Phi) is 6.11. The fourth-order valence-electron chi connectivity index (χ4n) is 3.58. The maximum absolute atomic E-state index is 13.3. The van der Waals surface area contributed by atoms with Crippen LogP contribution in [0.4, 0.5) is 5.13 Å². The predicted octanol–water partition coefficient (Wildman–Crippen LogP) is 4.79. The molecular weight excluding hydrogens is 442 g/mol. The number of benzene rings is 2. The van der Waals surface area contributed by atoms with Gasteiger partial charge < -0.3 is 0 Å². The molecule has 0 N–H and O–H groups in total. The number of halogens is 1. The summed E-state index contributed by atoms with van der Waals surface area (Å²) < 4.78 is 28.7. The van der Waals surface area contributed by atoms with E-state index < -0.39 is 10.0 Å². The first-order valence-corrected chi connectivity index (χ1v) is 12.5. The molecule has 1 aromatic heterocycles. The monoisotopic (exact) mass is 463 g/mol. The van der Waals surface area contributed by atoms with Gasteiger partial charge in [-0.25, -0.2) is 13.4 Å². The first kappa shape index (κ1) is 21.2. The quantitative estimate of drug-likeness (QED) is 0.545. The highest BCUT2D eigenvalue weighted by Crippen LogP contribution is 2.31. The summed E-state index contributed by atoms with van der Waals surface area (Å²) in [6.07, 6.45) is 2.68. The molecule has 1 aliphatic heterocycles. The number of hydrogen-bond acceptors (Lipinski definition) is 5. The molecule has 3 aromatic rings. The van der Waals surface area contributed by atoms with E-state index in [2.05, 4.69) is 4.98 Å². The Morgan fingerprint density at radius 2 is 1.90 bits per heavy atom. The Hall–Kier alpha value is -2.00. The summed E-state index contributed by atoms with van der Waals surface area (Å²) in [6, 6.07) is 12.1. The van der Waals surface area contributed by atoms with Crippen LogP contribution in [0.2, 0.25) is 5.02 Å². The molecular formula is C21H22ClN3O3S2. The van der Waals surface area contributed by atoms with E-state index in [1.807, 2.05) is 31.2 Å². The number of para-hydroxylation sites is 1. The zero-order chi connectivity index (χ0) is 21.3. The van der Waals surface area contributed by atoms with Gasteiger partial charge in [0, 0.05) is 25.2 Å². The number of rotatable bonds is 5. The number of aromatic nitrogens is 1. The van der Waals surface area contributed by atoms with Crippen LogP contribution >= 0.6 is 22.9 Å². The molecule has 0 spiro atoms. The first-order chi connectivity index (χ1) is 14.4. The summed E-state index contributed by atoms with van der Waals surface area (Å²) in [5.74, 6) is -0.302. The highest BCUT2D eigenvalue weighted by Gasteiger charge is 2.29. The molecule has 1 fully saturated rings. The lowest BCUT2D eigenvalue weighted by Gasteiger charge is -2.26. The Bertz CT molecular complexity index is 1150. The number of piperidine rings is 1. The predicted molar refractivity (Wildman–Crippen MR) is 121 cm³/mol. The normalized spacial score (nSPS) is 15.4. The summed E-state index contributed by atoms with van der Waals surface area (Å²) in [4.78, 5) is 19.4. The number of fused-ring (bicyclic) bond motifs is 1. The fourth-order valence-corrected chi connectivity index (χ4v) is 6.62. The highest BCUT2D eigenvalue weighted by molar-refractivity contribution is 7.89. The van der Waals surface area contributed by atoms with Crippen molar-refractivity contribution in [2.45, 2.75) is 31.1 Å². The highest BCUT2D eigenvalue weighted by atomic mass is 35.5. The largest absolute Gasteiger partial charge is 0.284 e. The molecule has 9 heteroatoms. The van der Waals surface area contributed by atoms with Crippen LogP contribution in [-0.4, -0.2) is 43.2 Å².